The average molecular weight is 368 g/mol. The Morgan fingerprint density at radius 1 is 0.963 bits per heavy atom. The Balaban J connectivity index is 1.55. The molecule has 27 heavy (non-hydrogen) atoms. The fourth-order valence-corrected chi connectivity index (χ4v) is 3.07. The highest BCUT2D eigenvalue weighted by molar-refractivity contribution is 5.99. The van der Waals surface area contributed by atoms with Gasteiger partial charge >= 0.3 is 0 Å². The molecule has 0 aliphatic carbocycles. The van der Waals surface area contributed by atoms with Gasteiger partial charge in [0.05, 0.1) is 17.9 Å². The monoisotopic (exact) mass is 368 g/mol. The highest BCUT2D eigenvalue weighted by Crippen LogP contribution is 2.21. The van der Waals surface area contributed by atoms with Crippen LogP contribution in [0.15, 0.2) is 42.7 Å². The number of benzene rings is 1. The van der Waals surface area contributed by atoms with E-state index < -0.39 is 0 Å². The second kappa shape index (κ2) is 9.09. The number of aromatic nitrogens is 2. The molecule has 0 spiro atoms. The van der Waals surface area contributed by atoms with Gasteiger partial charge in [-0.05, 0) is 24.6 Å². The summed E-state index contributed by atoms with van der Waals surface area (Å²) >= 11 is 0. The summed E-state index contributed by atoms with van der Waals surface area (Å²) in [6.45, 7) is 4.99. The summed E-state index contributed by atoms with van der Waals surface area (Å²) < 4.78 is 0. The van der Waals surface area contributed by atoms with Gasteiger partial charge in [-0.2, -0.15) is 0 Å². The maximum absolute atomic E-state index is 12.5. The van der Waals surface area contributed by atoms with Gasteiger partial charge in [-0.3, -0.25) is 14.5 Å². The Bertz CT molecular complexity index is 783. The van der Waals surface area contributed by atoms with E-state index in [1.54, 1.807) is 30.6 Å². The third-order valence-corrected chi connectivity index (χ3v) is 4.30. The van der Waals surface area contributed by atoms with E-state index in [0.29, 0.717) is 17.9 Å². The first-order valence-corrected chi connectivity index (χ1v) is 9.02. The van der Waals surface area contributed by atoms with Gasteiger partial charge in [-0.25, -0.2) is 9.97 Å². The van der Waals surface area contributed by atoms with Crippen molar-refractivity contribution in [3.63, 3.8) is 0 Å². The third-order valence-electron chi connectivity index (χ3n) is 4.30. The van der Waals surface area contributed by atoms with Crippen molar-refractivity contribution < 1.29 is 9.59 Å². The first-order valence-electron chi connectivity index (χ1n) is 9.02. The molecular formula is C19H24N6O2. The lowest BCUT2D eigenvalue weighted by Crippen LogP contribution is -2.36. The highest BCUT2D eigenvalue weighted by atomic mass is 16.2. The molecule has 0 atom stereocenters. The van der Waals surface area contributed by atoms with Gasteiger partial charge in [0, 0.05) is 45.5 Å². The van der Waals surface area contributed by atoms with Gasteiger partial charge in [-0.15, -0.1) is 0 Å². The predicted molar refractivity (Wildman–Crippen MR) is 105 cm³/mol. The van der Waals surface area contributed by atoms with Crippen molar-refractivity contribution in [2.45, 2.75) is 13.3 Å². The highest BCUT2D eigenvalue weighted by Gasteiger charge is 2.19. The minimum atomic E-state index is -0.174. The minimum absolute atomic E-state index is 0.0998. The molecule has 1 aliphatic heterocycles. The average Bonchev–Trinajstić information content (AvgIpc) is 2.89. The molecule has 0 radical (unpaired) electrons. The van der Waals surface area contributed by atoms with Crippen LogP contribution >= 0.6 is 0 Å². The van der Waals surface area contributed by atoms with E-state index >= 15 is 0 Å². The van der Waals surface area contributed by atoms with Crippen molar-refractivity contribution in [3.05, 3.63) is 42.7 Å². The van der Waals surface area contributed by atoms with Crippen LogP contribution in [-0.2, 0) is 9.59 Å². The van der Waals surface area contributed by atoms with E-state index in [1.165, 1.54) is 6.92 Å². The molecule has 1 aromatic heterocycles. The largest absolute Gasteiger partial charge is 0.339 e. The first kappa shape index (κ1) is 18.8. The fourth-order valence-electron chi connectivity index (χ4n) is 3.07. The zero-order chi connectivity index (χ0) is 19.1. The summed E-state index contributed by atoms with van der Waals surface area (Å²) in [4.78, 5) is 36.7. The molecular weight excluding hydrogens is 344 g/mol. The molecule has 3 rings (SSSR count). The van der Waals surface area contributed by atoms with Crippen LogP contribution in [0.1, 0.15) is 13.3 Å². The Morgan fingerprint density at radius 2 is 1.67 bits per heavy atom. The molecule has 8 heteroatoms. The van der Waals surface area contributed by atoms with Crippen molar-refractivity contribution in [2.24, 2.45) is 0 Å². The van der Waals surface area contributed by atoms with Gasteiger partial charge in [-0.1, -0.05) is 12.1 Å². The Kier molecular flexibility index (Phi) is 6.32. The number of hydrogen-bond donors (Lipinski definition) is 2. The summed E-state index contributed by atoms with van der Waals surface area (Å²) in [6, 6.07) is 8.98. The molecule has 0 unspecified atom stereocenters. The summed E-state index contributed by atoms with van der Waals surface area (Å²) in [6.07, 6.45) is 4.42. The molecule has 0 saturated carbocycles. The lowest BCUT2D eigenvalue weighted by Gasteiger charge is -2.21. The molecule has 142 valence electrons. The standard InChI is InChI=1S/C19H24N6O2/c1-15(26)22-16-6-2-3-7-17(16)23-18(27)14-24-10-5-11-25(13-12-24)19-20-8-4-9-21-19/h2-4,6-9H,5,10-14H2,1H3,(H,22,26)(H,23,27). The maximum Gasteiger partial charge on any atom is 0.238 e. The van der Waals surface area contributed by atoms with E-state index in [1.807, 2.05) is 12.1 Å². The van der Waals surface area contributed by atoms with Crippen LogP contribution in [0.5, 0.6) is 0 Å². The minimum Gasteiger partial charge on any atom is -0.339 e. The second-order valence-electron chi connectivity index (χ2n) is 6.44. The van der Waals surface area contributed by atoms with Crippen LogP contribution < -0.4 is 15.5 Å². The van der Waals surface area contributed by atoms with Crippen molar-refractivity contribution in [2.75, 3.05) is 48.3 Å². The van der Waals surface area contributed by atoms with Crippen LogP contribution in [0.3, 0.4) is 0 Å². The third kappa shape index (κ3) is 5.49. The summed E-state index contributed by atoms with van der Waals surface area (Å²) in [7, 11) is 0. The number of hydrogen-bond acceptors (Lipinski definition) is 6. The SMILES string of the molecule is CC(=O)Nc1ccccc1NC(=O)CN1CCCN(c2ncccn2)CC1. The van der Waals surface area contributed by atoms with Crippen LogP contribution in [-0.4, -0.2) is 59.4 Å². The molecule has 2 aromatic rings. The van der Waals surface area contributed by atoms with Crippen molar-refractivity contribution in [1.29, 1.82) is 0 Å². The molecule has 1 fully saturated rings. The molecule has 8 nitrogen and oxygen atoms in total. The van der Waals surface area contributed by atoms with Gasteiger partial charge in [0.15, 0.2) is 0 Å². The number of nitrogens with one attached hydrogen (secondary N) is 2. The number of carbonyl (C=O) groups is 2. The van der Waals surface area contributed by atoms with Gasteiger partial charge in [0.2, 0.25) is 17.8 Å². The molecule has 1 aliphatic rings. The molecule has 0 bridgehead atoms. The number of anilines is 3. The zero-order valence-electron chi connectivity index (χ0n) is 15.4. The molecule has 1 saturated heterocycles. The van der Waals surface area contributed by atoms with E-state index in [4.69, 9.17) is 0 Å². The predicted octanol–water partition coefficient (Wildman–Crippen LogP) is 1.59. The number of nitrogens with zero attached hydrogens (tertiary/aromatic N) is 4. The van der Waals surface area contributed by atoms with Crippen molar-refractivity contribution in [3.8, 4) is 0 Å². The lowest BCUT2D eigenvalue weighted by molar-refractivity contribution is -0.117. The van der Waals surface area contributed by atoms with E-state index in [2.05, 4.69) is 30.4 Å². The molecule has 2 heterocycles. The van der Waals surface area contributed by atoms with Crippen molar-refractivity contribution >= 4 is 29.1 Å². The van der Waals surface area contributed by atoms with Crippen LogP contribution in [0.25, 0.3) is 0 Å². The zero-order valence-corrected chi connectivity index (χ0v) is 15.4. The first-order chi connectivity index (χ1) is 13.1. The Hall–Kier alpha value is -3.00. The van der Waals surface area contributed by atoms with E-state index in [0.717, 1.165) is 38.5 Å². The summed E-state index contributed by atoms with van der Waals surface area (Å²) in [5.41, 5.74) is 1.20. The smallest absolute Gasteiger partial charge is 0.238 e. The van der Waals surface area contributed by atoms with Crippen LogP contribution in [0.2, 0.25) is 0 Å². The maximum atomic E-state index is 12.5. The van der Waals surface area contributed by atoms with Gasteiger partial charge < -0.3 is 15.5 Å². The summed E-state index contributed by atoms with van der Waals surface area (Å²) in [5.74, 6) is 0.456. The topological polar surface area (TPSA) is 90.5 Å². The Labute approximate surface area is 158 Å². The van der Waals surface area contributed by atoms with E-state index in [-0.39, 0.29) is 11.8 Å². The number of amides is 2. The van der Waals surface area contributed by atoms with E-state index in [9.17, 15) is 9.59 Å². The molecule has 2 amide bonds. The van der Waals surface area contributed by atoms with Crippen molar-refractivity contribution in [1.82, 2.24) is 14.9 Å². The number of rotatable bonds is 5. The normalized spacial score (nSPS) is 15.1. The van der Waals surface area contributed by atoms with Gasteiger partial charge in [0.1, 0.15) is 0 Å². The molecule has 1 aromatic carbocycles. The molecule has 2 N–H and O–H groups in total. The quantitative estimate of drug-likeness (QED) is 0.833. The van der Waals surface area contributed by atoms with Gasteiger partial charge in [0.25, 0.3) is 0 Å². The number of carbonyl (C=O) groups excluding carboxylic acids is 2. The number of para-hydroxylation sites is 2. The van der Waals surface area contributed by atoms with Crippen LogP contribution in [0, 0.1) is 0 Å². The lowest BCUT2D eigenvalue weighted by atomic mass is 10.2. The summed E-state index contributed by atoms with van der Waals surface area (Å²) in [5, 5.41) is 5.62. The Morgan fingerprint density at radius 3 is 2.37 bits per heavy atom. The second-order valence-corrected chi connectivity index (χ2v) is 6.44. The van der Waals surface area contributed by atoms with Crippen LogP contribution in [0.4, 0.5) is 17.3 Å². The fraction of sp³-hybridized carbons (Fsp3) is 0.368.